The number of piperazine rings is 1. The Labute approximate surface area is 157 Å². The van der Waals surface area contributed by atoms with E-state index in [1.165, 1.54) is 5.56 Å². The van der Waals surface area contributed by atoms with Gasteiger partial charge < -0.3 is 4.90 Å². The van der Waals surface area contributed by atoms with Crippen molar-refractivity contribution in [1.29, 1.82) is 0 Å². The van der Waals surface area contributed by atoms with E-state index in [-0.39, 0.29) is 0 Å². The van der Waals surface area contributed by atoms with Crippen molar-refractivity contribution >= 4 is 11.5 Å². The second kappa shape index (κ2) is 6.85. The molecule has 0 radical (unpaired) electrons. The molecule has 1 aromatic carbocycles. The van der Waals surface area contributed by atoms with Gasteiger partial charge in [0.25, 0.3) is 0 Å². The lowest BCUT2D eigenvalue weighted by Gasteiger charge is -2.35. The van der Waals surface area contributed by atoms with Crippen molar-refractivity contribution in [2.75, 3.05) is 31.1 Å². The first-order chi connectivity index (χ1) is 13.4. The molecule has 4 aromatic rings. The Morgan fingerprint density at radius 2 is 1.74 bits per heavy atom. The van der Waals surface area contributed by atoms with E-state index in [9.17, 15) is 0 Å². The minimum atomic E-state index is 0.882. The van der Waals surface area contributed by atoms with Crippen LogP contribution < -0.4 is 4.90 Å². The molecule has 5 rings (SSSR count). The minimum absolute atomic E-state index is 0.882. The quantitative estimate of drug-likeness (QED) is 0.559. The van der Waals surface area contributed by atoms with Gasteiger partial charge in [-0.1, -0.05) is 18.2 Å². The highest BCUT2D eigenvalue weighted by atomic mass is 15.4. The lowest BCUT2D eigenvalue weighted by atomic mass is 10.1. The molecule has 0 amide bonds. The Balaban J connectivity index is 1.27. The SMILES string of the molecule is c1ccc(-n2cccn2)c(CN2CCN(c3ccc4nccn4n3)CC2)c1. The number of benzene rings is 1. The zero-order valence-electron chi connectivity index (χ0n) is 15.0. The van der Waals surface area contributed by atoms with Crippen LogP contribution in [-0.4, -0.2) is 55.5 Å². The Bertz CT molecular complexity index is 1030. The summed E-state index contributed by atoms with van der Waals surface area (Å²) in [6, 6.07) is 14.5. The maximum Gasteiger partial charge on any atom is 0.153 e. The molecule has 4 heterocycles. The largest absolute Gasteiger partial charge is 0.353 e. The summed E-state index contributed by atoms with van der Waals surface area (Å²) in [4.78, 5) is 9.10. The van der Waals surface area contributed by atoms with E-state index in [2.05, 4.69) is 55.3 Å². The number of aromatic nitrogens is 5. The van der Waals surface area contributed by atoms with E-state index in [0.717, 1.165) is 49.9 Å². The van der Waals surface area contributed by atoms with Crippen molar-refractivity contribution < 1.29 is 0 Å². The van der Waals surface area contributed by atoms with Gasteiger partial charge in [0, 0.05) is 57.5 Å². The summed E-state index contributed by atoms with van der Waals surface area (Å²) in [5.74, 6) is 1.01. The number of fused-ring (bicyclic) bond motifs is 1. The Morgan fingerprint density at radius 1 is 0.852 bits per heavy atom. The fourth-order valence-electron chi connectivity index (χ4n) is 3.63. The zero-order valence-corrected chi connectivity index (χ0v) is 15.0. The monoisotopic (exact) mass is 359 g/mol. The first-order valence-corrected chi connectivity index (χ1v) is 9.22. The van der Waals surface area contributed by atoms with Crippen LogP contribution in [0.3, 0.4) is 0 Å². The van der Waals surface area contributed by atoms with Crippen LogP contribution in [0.1, 0.15) is 5.56 Å². The first-order valence-electron chi connectivity index (χ1n) is 9.22. The maximum atomic E-state index is 4.67. The zero-order chi connectivity index (χ0) is 18.1. The number of hydrogen-bond acceptors (Lipinski definition) is 5. The van der Waals surface area contributed by atoms with Crippen LogP contribution >= 0.6 is 0 Å². The van der Waals surface area contributed by atoms with Crippen LogP contribution in [0.2, 0.25) is 0 Å². The molecular formula is C20H21N7. The fourth-order valence-corrected chi connectivity index (χ4v) is 3.63. The van der Waals surface area contributed by atoms with Gasteiger partial charge in [0.2, 0.25) is 0 Å². The van der Waals surface area contributed by atoms with Gasteiger partial charge in [-0.05, 0) is 29.8 Å². The summed E-state index contributed by atoms with van der Waals surface area (Å²) >= 11 is 0. The van der Waals surface area contributed by atoms with E-state index in [0.29, 0.717) is 0 Å². The van der Waals surface area contributed by atoms with Gasteiger partial charge in [-0.3, -0.25) is 4.90 Å². The van der Waals surface area contributed by atoms with Gasteiger partial charge in [0.1, 0.15) is 5.82 Å². The van der Waals surface area contributed by atoms with Gasteiger partial charge >= 0.3 is 0 Å². The van der Waals surface area contributed by atoms with Gasteiger partial charge in [0.05, 0.1) is 5.69 Å². The molecule has 3 aromatic heterocycles. The highest BCUT2D eigenvalue weighted by molar-refractivity contribution is 5.46. The second-order valence-corrected chi connectivity index (χ2v) is 6.76. The van der Waals surface area contributed by atoms with Crippen molar-refractivity contribution in [3.8, 4) is 5.69 Å². The average molecular weight is 359 g/mol. The van der Waals surface area contributed by atoms with E-state index < -0.39 is 0 Å². The van der Waals surface area contributed by atoms with Crippen LogP contribution in [0.4, 0.5) is 5.82 Å². The number of anilines is 1. The predicted octanol–water partition coefficient (Wildman–Crippen LogP) is 2.24. The molecule has 1 aliphatic heterocycles. The summed E-state index contributed by atoms with van der Waals surface area (Å²) in [6.07, 6.45) is 7.48. The molecule has 7 heteroatoms. The Kier molecular flexibility index (Phi) is 4.06. The summed E-state index contributed by atoms with van der Waals surface area (Å²) < 4.78 is 3.78. The third-order valence-electron chi connectivity index (χ3n) is 5.07. The molecule has 1 fully saturated rings. The summed E-state index contributed by atoms with van der Waals surface area (Å²) in [5, 5.41) is 9.05. The number of hydrogen-bond donors (Lipinski definition) is 0. The molecule has 7 nitrogen and oxygen atoms in total. The van der Waals surface area contributed by atoms with Gasteiger partial charge in [-0.15, -0.1) is 5.10 Å². The van der Waals surface area contributed by atoms with Gasteiger partial charge in [-0.2, -0.15) is 5.10 Å². The normalized spacial score (nSPS) is 15.5. The summed E-state index contributed by atoms with van der Waals surface area (Å²) in [6.45, 7) is 4.89. The molecule has 136 valence electrons. The Hall–Kier alpha value is -3.19. The average Bonchev–Trinajstić information content (AvgIpc) is 3.40. The van der Waals surface area contributed by atoms with Gasteiger partial charge in [0.15, 0.2) is 5.65 Å². The number of rotatable bonds is 4. The van der Waals surface area contributed by atoms with Crippen LogP contribution in [0.5, 0.6) is 0 Å². The number of nitrogens with zero attached hydrogens (tertiary/aromatic N) is 7. The molecule has 0 spiro atoms. The van der Waals surface area contributed by atoms with Crippen molar-refractivity contribution in [2.24, 2.45) is 0 Å². The molecular weight excluding hydrogens is 338 g/mol. The molecule has 0 N–H and O–H groups in total. The van der Waals surface area contributed by atoms with E-state index in [1.54, 1.807) is 6.20 Å². The fraction of sp³-hybridized carbons (Fsp3) is 0.250. The molecule has 0 atom stereocenters. The number of para-hydroxylation sites is 1. The highest BCUT2D eigenvalue weighted by Gasteiger charge is 2.19. The Morgan fingerprint density at radius 3 is 2.59 bits per heavy atom. The van der Waals surface area contributed by atoms with Crippen molar-refractivity contribution in [3.05, 3.63) is 72.8 Å². The second-order valence-electron chi connectivity index (χ2n) is 6.76. The number of imidazole rings is 1. The highest BCUT2D eigenvalue weighted by Crippen LogP contribution is 2.19. The van der Waals surface area contributed by atoms with E-state index >= 15 is 0 Å². The van der Waals surface area contributed by atoms with E-state index in [4.69, 9.17) is 0 Å². The van der Waals surface area contributed by atoms with Crippen molar-refractivity contribution in [1.82, 2.24) is 29.3 Å². The summed E-state index contributed by atoms with van der Waals surface area (Å²) in [5.41, 5.74) is 3.33. The molecule has 0 unspecified atom stereocenters. The van der Waals surface area contributed by atoms with Crippen LogP contribution in [0.15, 0.2) is 67.3 Å². The first kappa shape index (κ1) is 16.0. The lowest BCUT2D eigenvalue weighted by Crippen LogP contribution is -2.46. The standard InChI is InChI=1S/C20H21N7/c1-2-5-18(26-10-3-8-22-26)17(4-1)16-24-12-14-25(15-13-24)20-7-6-19-21-9-11-27(19)23-20/h1-11H,12-16H2. The van der Waals surface area contributed by atoms with Crippen LogP contribution in [0, 0.1) is 0 Å². The third kappa shape index (κ3) is 3.17. The molecule has 27 heavy (non-hydrogen) atoms. The van der Waals surface area contributed by atoms with E-state index in [1.807, 2.05) is 39.9 Å². The maximum absolute atomic E-state index is 4.67. The topological polar surface area (TPSA) is 54.5 Å². The van der Waals surface area contributed by atoms with Crippen LogP contribution in [-0.2, 0) is 6.54 Å². The molecule has 0 saturated carbocycles. The molecule has 1 aliphatic rings. The molecule has 1 saturated heterocycles. The predicted molar refractivity (Wildman–Crippen MR) is 104 cm³/mol. The summed E-state index contributed by atoms with van der Waals surface area (Å²) in [7, 11) is 0. The lowest BCUT2D eigenvalue weighted by molar-refractivity contribution is 0.249. The van der Waals surface area contributed by atoms with Crippen LogP contribution in [0.25, 0.3) is 11.3 Å². The van der Waals surface area contributed by atoms with Crippen molar-refractivity contribution in [3.63, 3.8) is 0 Å². The van der Waals surface area contributed by atoms with Gasteiger partial charge in [-0.25, -0.2) is 14.2 Å². The van der Waals surface area contributed by atoms with Crippen molar-refractivity contribution in [2.45, 2.75) is 6.54 Å². The minimum Gasteiger partial charge on any atom is -0.353 e. The smallest absolute Gasteiger partial charge is 0.153 e. The molecule has 0 aliphatic carbocycles. The third-order valence-corrected chi connectivity index (χ3v) is 5.07. The molecule has 0 bridgehead atoms.